The molecule has 7 heteroatoms. The molecule has 0 aromatic heterocycles. The summed E-state index contributed by atoms with van der Waals surface area (Å²) in [5.41, 5.74) is 1.68. The average Bonchev–Trinajstić information content (AvgIpc) is 3.16. The lowest BCUT2D eigenvalue weighted by molar-refractivity contribution is 0.0179. The van der Waals surface area contributed by atoms with Crippen LogP contribution in [0.25, 0.3) is 0 Å². The van der Waals surface area contributed by atoms with Gasteiger partial charge in [-0.1, -0.05) is 18.6 Å². The topological polar surface area (TPSA) is 40.1 Å². The fraction of sp³-hybridized carbons (Fsp3) is 0.682. The molecule has 3 fully saturated rings. The summed E-state index contributed by atoms with van der Waals surface area (Å²) in [5.74, 6) is 0.843. The molecule has 2 heterocycles. The molecule has 3 aliphatic rings. The highest BCUT2D eigenvalue weighted by molar-refractivity contribution is 14.0. The van der Waals surface area contributed by atoms with Crippen molar-refractivity contribution in [3.63, 3.8) is 0 Å². The lowest BCUT2D eigenvalue weighted by Crippen LogP contribution is -2.44. The average molecular weight is 516 g/mol. The molecule has 1 spiro atoms. The van der Waals surface area contributed by atoms with Crippen LogP contribution in [0.2, 0.25) is 0 Å². The number of ether oxygens (including phenoxy) is 1. The number of likely N-dealkylation sites (tertiary alicyclic amines) is 1. The summed E-state index contributed by atoms with van der Waals surface area (Å²) in [5, 5.41) is 3.50. The largest absolute Gasteiger partial charge is 0.379 e. The number of halogens is 2. The maximum absolute atomic E-state index is 13.4. The minimum atomic E-state index is -0.191. The molecule has 1 unspecified atom stereocenters. The molecular weight excluding hydrogens is 482 g/mol. The van der Waals surface area contributed by atoms with Gasteiger partial charge in [0.2, 0.25) is 0 Å². The van der Waals surface area contributed by atoms with Crippen molar-refractivity contribution in [2.24, 2.45) is 10.4 Å². The molecule has 4 rings (SSSR count). The third-order valence-corrected chi connectivity index (χ3v) is 6.64. The van der Waals surface area contributed by atoms with Gasteiger partial charge >= 0.3 is 0 Å². The molecule has 0 amide bonds. The Morgan fingerprint density at radius 1 is 1.17 bits per heavy atom. The van der Waals surface area contributed by atoms with E-state index >= 15 is 0 Å². The number of nitrogens with zero attached hydrogens (tertiary/aromatic N) is 3. The first-order valence-corrected chi connectivity index (χ1v) is 10.8. The van der Waals surface area contributed by atoms with Gasteiger partial charge in [0, 0.05) is 32.7 Å². The summed E-state index contributed by atoms with van der Waals surface area (Å²) in [7, 11) is 0. The highest BCUT2D eigenvalue weighted by Gasteiger charge is 2.43. The van der Waals surface area contributed by atoms with Crippen LogP contribution in [-0.2, 0) is 4.74 Å². The second-order valence-corrected chi connectivity index (χ2v) is 8.44. The Labute approximate surface area is 191 Å². The SMILES string of the molecule is CCNC(=NCC(c1ccc(F)cc1)N1CCOCC1)N1CCC2(CCC2)C1.I. The fourth-order valence-corrected chi connectivity index (χ4v) is 4.81. The van der Waals surface area contributed by atoms with Crippen molar-refractivity contribution in [3.05, 3.63) is 35.6 Å². The van der Waals surface area contributed by atoms with E-state index in [1.807, 2.05) is 12.1 Å². The van der Waals surface area contributed by atoms with Crippen molar-refractivity contribution >= 4 is 29.9 Å². The van der Waals surface area contributed by atoms with E-state index in [2.05, 4.69) is 22.0 Å². The standard InChI is InChI=1S/C22H33FN4O.HI/c1-2-24-21(27-11-10-22(17-27)8-3-9-22)25-16-20(26-12-14-28-15-13-26)18-4-6-19(23)7-5-18;/h4-7,20H,2-3,8-17H2,1H3,(H,24,25);1H. The molecule has 2 aliphatic heterocycles. The van der Waals surface area contributed by atoms with E-state index in [0.29, 0.717) is 12.0 Å². The van der Waals surface area contributed by atoms with Crippen molar-refractivity contribution in [2.75, 3.05) is 52.5 Å². The second-order valence-electron chi connectivity index (χ2n) is 8.44. The predicted octanol–water partition coefficient (Wildman–Crippen LogP) is 3.66. The summed E-state index contributed by atoms with van der Waals surface area (Å²) < 4.78 is 19.0. The van der Waals surface area contributed by atoms with Crippen LogP contribution in [0.4, 0.5) is 4.39 Å². The Kier molecular flexibility index (Phi) is 8.15. The molecule has 0 bridgehead atoms. The molecule has 1 atom stereocenters. The van der Waals surface area contributed by atoms with Gasteiger partial charge in [-0.15, -0.1) is 24.0 Å². The normalized spacial score (nSPS) is 22.8. The van der Waals surface area contributed by atoms with Crippen molar-refractivity contribution in [2.45, 2.75) is 38.6 Å². The van der Waals surface area contributed by atoms with Gasteiger partial charge in [-0.25, -0.2) is 4.39 Å². The Bertz CT molecular complexity index is 674. The first-order valence-electron chi connectivity index (χ1n) is 10.8. The van der Waals surface area contributed by atoms with E-state index in [0.717, 1.165) is 57.5 Å². The Morgan fingerprint density at radius 3 is 2.48 bits per heavy atom. The zero-order valence-electron chi connectivity index (χ0n) is 17.4. The molecule has 29 heavy (non-hydrogen) atoms. The number of guanidine groups is 1. The van der Waals surface area contributed by atoms with Crippen LogP contribution >= 0.6 is 24.0 Å². The zero-order chi connectivity index (χ0) is 19.4. The molecule has 0 radical (unpaired) electrons. The zero-order valence-corrected chi connectivity index (χ0v) is 19.7. The van der Waals surface area contributed by atoms with Crippen LogP contribution in [0.1, 0.15) is 44.2 Å². The molecule has 1 saturated carbocycles. The molecule has 5 nitrogen and oxygen atoms in total. The number of hydrogen-bond donors (Lipinski definition) is 1. The van der Waals surface area contributed by atoms with Crippen molar-refractivity contribution < 1.29 is 9.13 Å². The van der Waals surface area contributed by atoms with Gasteiger partial charge < -0.3 is 15.0 Å². The Hall–Kier alpha value is -0.930. The van der Waals surface area contributed by atoms with Crippen LogP contribution in [0.3, 0.4) is 0 Å². The molecule has 2 saturated heterocycles. The van der Waals surface area contributed by atoms with Gasteiger partial charge in [0.05, 0.1) is 25.8 Å². The number of morpholine rings is 1. The van der Waals surface area contributed by atoms with Gasteiger partial charge in [0.15, 0.2) is 5.96 Å². The predicted molar refractivity (Wildman–Crippen MR) is 125 cm³/mol. The van der Waals surface area contributed by atoms with Gasteiger partial charge in [-0.05, 0) is 49.3 Å². The molecular formula is C22H34FIN4O. The highest BCUT2D eigenvalue weighted by atomic mass is 127. The molecule has 1 N–H and O–H groups in total. The van der Waals surface area contributed by atoms with Crippen molar-refractivity contribution in [3.8, 4) is 0 Å². The van der Waals surface area contributed by atoms with Gasteiger partial charge in [-0.3, -0.25) is 9.89 Å². The fourth-order valence-electron chi connectivity index (χ4n) is 4.81. The highest BCUT2D eigenvalue weighted by Crippen LogP contribution is 2.47. The van der Waals surface area contributed by atoms with Gasteiger partial charge in [0.1, 0.15) is 5.82 Å². The van der Waals surface area contributed by atoms with E-state index in [1.165, 1.54) is 25.7 Å². The molecule has 1 aliphatic carbocycles. The van der Waals surface area contributed by atoms with Crippen LogP contribution in [-0.4, -0.2) is 68.2 Å². The van der Waals surface area contributed by atoms with Gasteiger partial charge in [-0.2, -0.15) is 0 Å². The number of aliphatic imine (C=N–C) groups is 1. The number of benzene rings is 1. The second kappa shape index (κ2) is 10.4. The lowest BCUT2D eigenvalue weighted by atomic mass is 9.68. The monoisotopic (exact) mass is 516 g/mol. The van der Waals surface area contributed by atoms with Crippen molar-refractivity contribution in [1.82, 2.24) is 15.1 Å². The minimum Gasteiger partial charge on any atom is -0.379 e. The first kappa shape index (κ1) is 22.7. The number of hydrogen-bond acceptors (Lipinski definition) is 3. The summed E-state index contributed by atoms with van der Waals surface area (Å²) in [6.07, 6.45) is 5.41. The molecule has 1 aromatic rings. The number of rotatable bonds is 5. The summed E-state index contributed by atoms with van der Waals surface area (Å²) in [6, 6.07) is 7.06. The van der Waals surface area contributed by atoms with E-state index in [9.17, 15) is 4.39 Å². The van der Waals surface area contributed by atoms with Gasteiger partial charge in [0.25, 0.3) is 0 Å². The number of nitrogens with one attached hydrogen (secondary N) is 1. The lowest BCUT2D eigenvalue weighted by Gasteiger charge is -2.38. The van der Waals surface area contributed by atoms with Crippen LogP contribution < -0.4 is 5.32 Å². The minimum absolute atomic E-state index is 0. The quantitative estimate of drug-likeness (QED) is 0.369. The van der Waals surface area contributed by atoms with Crippen molar-refractivity contribution in [1.29, 1.82) is 0 Å². The smallest absolute Gasteiger partial charge is 0.194 e. The summed E-state index contributed by atoms with van der Waals surface area (Å²) >= 11 is 0. The first-order chi connectivity index (χ1) is 13.7. The Balaban J connectivity index is 0.00000240. The van der Waals surface area contributed by atoms with Crippen LogP contribution in [0.15, 0.2) is 29.3 Å². The maximum Gasteiger partial charge on any atom is 0.194 e. The van der Waals surface area contributed by atoms with E-state index in [4.69, 9.17) is 9.73 Å². The van der Waals surface area contributed by atoms with Crippen LogP contribution in [0.5, 0.6) is 0 Å². The third-order valence-electron chi connectivity index (χ3n) is 6.64. The van der Waals surface area contributed by atoms with E-state index in [1.54, 1.807) is 12.1 Å². The summed E-state index contributed by atoms with van der Waals surface area (Å²) in [6.45, 7) is 9.19. The summed E-state index contributed by atoms with van der Waals surface area (Å²) in [4.78, 5) is 9.91. The molecule has 162 valence electrons. The van der Waals surface area contributed by atoms with E-state index < -0.39 is 0 Å². The van der Waals surface area contributed by atoms with E-state index in [-0.39, 0.29) is 35.8 Å². The maximum atomic E-state index is 13.4. The molecule has 1 aromatic carbocycles. The third kappa shape index (κ3) is 5.41. The van der Waals surface area contributed by atoms with Crippen LogP contribution in [0, 0.1) is 11.2 Å². The Morgan fingerprint density at radius 2 is 1.90 bits per heavy atom.